The summed E-state index contributed by atoms with van der Waals surface area (Å²) in [5.74, 6) is 0.542. The Labute approximate surface area is 169 Å². The summed E-state index contributed by atoms with van der Waals surface area (Å²) in [6, 6.07) is 23.5. The van der Waals surface area contributed by atoms with Crippen molar-refractivity contribution < 1.29 is 18.3 Å². The van der Waals surface area contributed by atoms with E-state index < -0.39 is 16.1 Å². The highest BCUT2D eigenvalue weighted by molar-refractivity contribution is 7.92. The fourth-order valence-corrected chi connectivity index (χ4v) is 4.27. The molecule has 3 aromatic rings. The minimum absolute atomic E-state index is 0.0602. The van der Waals surface area contributed by atoms with Crippen molar-refractivity contribution >= 4 is 27.3 Å². The molecule has 0 aliphatic rings. The highest BCUT2D eigenvalue weighted by Gasteiger charge is 2.27. The monoisotopic (exact) mass is 417 g/mol. The van der Waals surface area contributed by atoms with Crippen LogP contribution in [0.25, 0.3) is 0 Å². The Morgan fingerprint density at radius 3 is 2.07 bits per heavy atom. The molecule has 7 heteroatoms. The van der Waals surface area contributed by atoms with Crippen LogP contribution in [0.1, 0.15) is 0 Å². The van der Waals surface area contributed by atoms with Crippen molar-refractivity contribution in [3.05, 3.63) is 90.0 Å². The third-order valence-corrected chi connectivity index (χ3v) is 6.07. The number of halogens is 1. The van der Waals surface area contributed by atoms with Crippen LogP contribution in [0, 0.1) is 0 Å². The molecule has 0 fully saturated rings. The van der Waals surface area contributed by atoms with Crippen LogP contribution in [0.2, 0.25) is 5.02 Å². The molecule has 1 atom stereocenters. The number of anilines is 1. The van der Waals surface area contributed by atoms with Gasteiger partial charge in [-0.1, -0.05) is 48.0 Å². The van der Waals surface area contributed by atoms with Gasteiger partial charge in [0.1, 0.15) is 18.5 Å². The quantitative estimate of drug-likeness (QED) is 0.602. The summed E-state index contributed by atoms with van der Waals surface area (Å²) < 4.78 is 33.0. The number of nitrogens with zero attached hydrogens (tertiary/aromatic N) is 1. The zero-order valence-electron chi connectivity index (χ0n) is 15.0. The summed E-state index contributed by atoms with van der Waals surface area (Å²) in [4.78, 5) is 0.157. The van der Waals surface area contributed by atoms with Crippen molar-refractivity contribution in [2.45, 2.75) is 11.0 Å². The summed E-state index contributed by atoms with van der Waals surface area (Å²) in [5.41, 5.74) is 0.469. The molecule has 0 bridgehead atoms. The lowest BCUT2D eigenvalue weighted by atomic mass is 10.3. The van der Waals surface area contributed by atoms with Gasteiger partial charge >= 0.3 is 0 Å². The van der Waals surface area contributed by atoms with Crippen molar-refractivity contribution in [3.63, 3.8) is 0 Å². The molecular formula is C21H20ClNO4S. The molecule has 3 rings (SSSR count). The van der Waals surface area contributed by atoms with Gasteiger partial charge in [-0.05, 0) is 48.5 Å². The van der Waals surface area contributed by atoms with E-state index in [0.29, 0.717) is 16.5 Å². The first-order valence-corrected chi connectivity index (χ1v) is 10.5. The molecule has 0 unspecified atom stereocenters. The van der Waals surface area contributed by atoms with Crippen LogP contribution in [0.3, 0.4) is 0 Å². The van der Waals surface area contributed by atoms with E-state index in [1.165, 1.54) is 16.4 Å². The molecule has 0 aliphatic carbocycles. The fraction of sp³-hybridized carbons (Fsp3) is 0.143. The van der Waals surface area contributed by atoms with E-state index in [0.717, 1.165) is 0 Å². The third-order valence-electron chi connectivity index (χ3n) is 4.01. The summed E-state index contributed by atoms with van der Waals surface area (Å²) in [6.07, 6.45) is -1.03. The predicted octanol–water partition coefficient (Wildman–Crippen LogP) is 3.98. The summed E-state index contributed by atoms with van der Waals surface area (Å²) in [7, 11) is -3.84. The highest BCUT2D eigenvalue weighted by Crippen LogP contribution is 2.24. The first-order valence-electron chi connectivity index (χ1n) is 8.66. The highest BCUT2D eigenvalue weighted by atomic mass is 35.5. The molecule has 1 N–H and O–H groups in total. The molecule has 0 radical (unpaired) electrons. The van der Waals surface area contributed by atoms with Gasteiger partial charge in [0, 0.05) is 5.02 Å². The first kappa shape index (κ1) is 20.2. The van der Waals surface area contributed by atoms with Gasteiger partial charge in [-0.25, -0.2) is 8.42 Å². The normalized spacial score (nSPS) is 12.4. The van der Waals surface area contributed by atoms with E-state index in [2.05, 4.69) is 0 Å². The standard InChI is InChI=1S/C21H20ClNO4S/c22-17-11-13-20(14-12-17)27-16-19(24)15-23(18-7-3-1-4-8-18)28(25,26)21-9-5-2-6-10-21/h1-14,19,24H,15-16H2/t19-/m0/s1. The van der Waals surface area contributed by atoms with Crippen LogP contribution in [0.15, 0.2) is 89.8 Å². The Balaban J connectivity index is 1.79. The second-order valence-corrected chi connectivity index (χ2v) is 8.40. The SMILES string of the molecule is O=S(=O)(c1ccccc1)N(C[C@H](O)COc1ccc(Cl)cc1)c1ccccc1. The van der Waals surface area contributed by atoms with E-state index in [4.69, 9.17) is 16.3 Å². The predicted molar refractivity (Wildman–Crippen MR) is 110 cm³/mol. The molecule has 0 heterocycles. The van der Waals surface area contributed by atoms with Crippen LogP contribution in [-0.4, -0.2) is 32.8 Å². The average molecular weight is 418 g/mol. The number of hydrogen-bond acceptors (Lipinski definition) is 4. The zero-order chi connectivity index (χ0) is 20.0. The molecule has 3 aromatic carbocycles. The Morgan fingerprint density at radius 2 is 1.46 bits per heavy atom. The van der Waals surface area contributed by atoms with Crippen LogP contribution in [0.4, 0.5) is 5.69 Å². The first-order chi connectivity index (χ1) is 13.5. The van der Waals surface area contributed by atoms with E-state index in [1.54, 1.807) is 72.8 Å². The van der Waals surface area contributed by atoms with E-state index in [-0.39, 0.29) is 18.0 Å². The summed E-state index contributed by atoms with van der Waals surface area (Å²) >= 11 is 5.84. The largest absolute Gasteiger partial charge is 0.491 e. The van der Waals surface area contributed by atoms with Gasteiger partial charge in [0.25, 0.3) is 10.0 Å². The van der Waals surface area contributed by atoms with Crippen molar-refractivity contribution in [1.82, 2.24) is 0 Å². The molecule has 0 saturated heterocycles. The van der Waals surface area contributed by atoms with Crippen molar-refractivity contribution in [2.75, 3.05) is 17.5 Å². The van der Waals surface area contributed by atoms with Gasteiger partial charge in [-0.3, -0.25) is 4.31 Å². The van der Waals surface area contributed by atoms with E-state index >= 15 is 0 Å². The number of hydrogen-bond donors (Lipinski definition) is 1. The van der Waals surface area contributed by atoms with Crippen LogP contribution < -0.4 is 9.04 Å². The smallest absolute Gasteiger partial charge is 0.264 e. The van der Waals surface area contributed by atoms with Crippen LogP contribution >= 0.6 is 11.6 Å². The number of ether oxygens (including phenoxy) is 1. The molecule has 0 spiro atoms. The minimum atomic E-state index is -3.84. The number of aliphatic hydroxyl groups excluding tert-OH is 1. The Kier molecular flexibility index (Phi) is 6.57. The average Bonchev–Trinajstić information content (AvgIpc) is 2.73. The van der Waals surface area contributed by atoms with Crippen LogP contribution in [0.5, 0.6) is 5.75 Å². The zero-order valence-corrected chi connectivity index (χ0v) is 16.6. The molecule has 0 amide bonds. The summed E-state index contributed by atoms with van der Waals surface area (Å²) in [5, 5.41) is 11.0. The van der Waals surface area contributed by atoms with Crippen molar-refractivity contribution in [1.29, 1.82) is 0 Å². The topological polar surface area (TPSA) is 66.8 Å². The molecule has 28 heavy (non-hydrogen) atoms. The maximum atomic E-state index is 13.1. The fourth-order valence-electron chi connectivity index (χ4n) is 2.62. The Hall–Kier alpha value is -2.54. The lowest BCUT2D eigenvalue weighted by molar-refractivity contribution is 0.115. The number of sulfonamides is 1. The van der Waals surface area contributed by atoms with Gasteiger partial charge in [-0.2, -0.15) is 0 Å². The number of rotatable bonds is 8. The Morgan fingerprint density at radius 1 is 0.893 bits per heavy atom. The summed E-state index contributed by atoms with van der Waals surface area (Å²) in [6.45, 7) is -0.204. The number of aliphatic hydroxyl groups is 1. The van der Waals surface area contributed by atoms with Gasteiger partial charge in [0.2, 0.25) is 0 Å². The lowest BCUT2D eigenvalue weighted by Gasteiger charge is -2.27. The number of benzene rings is 3. The molecule has 5 nitrogen and oxygen atoms in total. The van der Waals surface area contributed by atoms with E-state index in [1.807, 2.05) is 0 Å². The minimum Gasteiger partial charge on any atom is -0.491 e. The van der Waals surface area contributed by atoms with Gasteiger partial charge < -0.3 is 9.84 Å². The van der Waals surface area contributed by atoms with Gasteiger partial charge in [0.15, 0.2) is 0 Å². The van der Waals surface area contributed by atoms with Gasteiger partial charge in [-0.15, -0.1) is 0 Å². The molecule has 0 aromatic heterocycles. The lowest BCUT2D eigenvalue weighted by Crippen LogP contribution is -2.39. The molecular weight excluding hydrogens is 398 g/mol. The molecule has 0 aliphatic heterocycles. The van der Waals surface area contributed by atoms with Gasteiger partial charge in [0.05, 0.1) is 17.1 Å². The maximum Gasteiger partial charge on any atom is 0.264 e. The second-order valence-electron chi connectivity index (χ2n) is 6.10. The van der Waals surface area contributed by atoms with E-state index in [9.17, 15) is 13.5 Å². The number of para-hydroxylation sites is 1. The van der Waals surface area contributed by atoms with Crippen molar-refractivity contribution in [3.8, 4) is 5.75 Å². The van der Waals surface area contributed by atoms with Crippen LogP contribution in [-0.2, 0) is 10.0 Å². The molecule has 0 saturated carbocycles. The third kappa shape index (κ3) is 5.04. The second kappa shape index (κ2) is 9.10. The Bertz CT molecular complexity index is 980. The maximum absolute atomic E-state index is 13.1. The molecule has 146 valence electrons. The van der Waals surface area contributed by atoms with Crippen molar-refractivity contribution in [2.24, 2.45) is 0 Å².